The van der Waals surface area contributed by atoms with Gasteiger partial charge in [-0.1, -0.05) is 6.07 Å². The highest BCUT2D eigenvalue weighted by atomic mass is 79.9. The van der Waals surface area contributed by atoms with Gasteiger partial charge in [-0.15, -0.1) is 11.3 Å². The maximum absolute atomic E-state index is 6.10. The molecule has 0 saturated heterocycles. The molecule has 0 aliphatic carbocycles. The molecule has 0 aliphatic rings. The van der Waals surface area contributed by atoms with Crippen molar-refractivity contribution in [2.24, 2.45) is 5.73 Å². The molecule has 0 fully saturated rings. The van der Waals surface area contributed by atoms with Crippen molar-refractivity contribution in [3.8, 4) is 0 Å². The minimum atomic E-state index is 0.139. The number of rotatable bonds is 4. The van der Waals surface area contributed by atoms with Gasteiger partial charge in [0, 0.05) is 39.1 Å². The second-order valence-electron chi connectivity index (χ2n) is 3.72. The fraction of sp³-hybridized carbons (Fsp3) is 0.250. The van der Waals surface area contributed by atoms with Crippen LogP contribution in [0.3, 0.4) is 0 Å². The Bertz CT molecular complexity index is 441. The second-order valence-corrected chi connectivity index (χ2v) is 5.63. The molecule has 0 radical (unpaired) electrons. The lowest BCUT2D eigenvalue weighted by Crippen LogP contribution is -2.25. The van der Waals surface area contributed by atoms with Gasteiger partial charge >= 0.3 is 0 Å². The number of nitrogens with zero attached hydrogens (tertiary/aromatic N) is 1. The number of pyridine rings is 1. The Hall–Kier alpha value is -0.710. The van der Waals surface area contributed by atoms with Crippen LogP contribution in [0.15, 0.2) is 40.3 Å². The lowest BCUT2D eigenvalue weighted by Gasteiger charge is -2.09. The summed E-state index contributed by atoms with van der Waals surface area (Å²) in [6, 6.07) is 8.20. The van der Waals surface area contributed by atoms with Gasteiger partial charge in [-0.05, 0) is 40.5 Å². The maximum atomic E-state index is 6.10. The van der Waals surface area contributed by atoms with E-state index in [0.717, 1.165) is 23.0 Å². The summed E-state index contributed by atoms with van der Waals surface area (Å²) >= 11 is 5.19. The summed E-state index contributed by atoms with van der Waals surface area (Å²) in [5.74, 6) is 0. The monoisotopic (exact) mass is 296 g/mol. The molecule has 0 amide bonds. The van der Waals surface area contributed by atoms with Gasteiger partial charge in [0.15, 0.2) is 0 Å². The van der Waals surface area contributed by atoms with Crippen LogP contribution < -0.4 is 5.73 Å². The number of hydrogen-bond donors (Lipinski definition) is 1. The van der Waals surface area contributed by atoms with E-state index in [1.165, 1.54) is 4.88 Å². The molecule has 16 heavy (non-hydrogen) atoms. The molecule has 2 aromatic rings. The molecule has 2 nitrogen and oxygen atoms in total. The molecule has 0 aliphatic heterocycles. The van der Waals surface area contributed by atoms with Crippen LogP contribution >= 0.6 is 27.3 Å². The normalized spacial score (nSPS) is 12.6. The highest BCUT2D eigenvalue weighted by Crippen LogP contribution is 2.21. The molecule has 0 bridgehead atoms. The van der Waals surface area contributed by atoms with Crippen LogP contribution in [0.25, 0.3) is 0 Å². The average Bonchev–Trinajstić information content (AvgIpc) is 2.65. The van der Waals surface area contributed by atoms with Crippen molar-refractivity contribution in [3.63, 3.8) is 0 Å². The largest absolute Gasteiger partial charge is 0.327 e. The molecule has 2 aromatic heterocycles. The van der Waals surface area contributed by atoms with Gasteiger partial charge in [-0.2, -0.15) is 0 Å². The Morgan fingerprint density at radius 3 is 2.88 bits per heavy atom. The zero-order chi connectivity index (χ0) is 11.4. The Balaban J connectivity index is 1.92. The molecular formula is C12H13BrN2S. The highest BCUT2D eigenvalue weighted by Gasteiger charge is 2.07. The van der Waals surface area contributed by atoms with Gasteiger partial charge in [0.05, 0.1) is 0 Å². The first-order valence-corrected chi connectivity index (χ1v) is 6.79. The van der Waals surface area contributed by atoms with Crippen molar-refractivity contribution in [3.05, 3.63) is 50.9 Å². The topological polar surface area (TPSA) is 38.9 Å². The quantitative estimate of drug-likeness (QED) is 0.942. The van der Waals surface area contributed by atoms with E-state index < -0.39 is 0 Å². The first-order valence-electron chi connectivity index (χ1n) is 5.12. The maximum Gasteiger partial charge on any atom is 0.0419 e. The molecule has 1 atom stereocenters. The zero-order valence-electron chi connectivity index (χ0n) is 8.77. The van der Waals surface area contributed by atoms with Gasteiger partial charge in [-0.3, -0.25) is 4.98 Å². The average molecular weight is 297 g/mol. The molecule has 0 saturated carbocycles. The minimum Gasteiger partial charge on any atom is -0.327 e. The molecule has 84 valence electrons. The van der Waals surface area contributed by atoms with Crippen molar-refractivity contribution < 1.29 is 0 Å². The van der Waals surface area contributed by atoms with E-state index in [2.05, 4.69) is 32.4 Å². The van der Waals surface area contributed by atoms with Crippen LogP contribution in [-0.2, 0) is 12.8 Å². The number of hydrogen-bond acceptors (Lipinski definition) is 3. The van der Waals surface area contributed by atoms with Crippen molar-refractivity contribution in [2.45, 2.75) is 18.9 Å². The third kappa shape index (κ3) is 3.40. The Morgan fingerprint density at radius 1 is 1.38 bits per heavy atom. The van der Waals surface area contributed by atoms with Crippen molar-refractivity contribution in [1.82, 2.24) is 4.98 Å². The molecule has 2 N–H and O–H groups in total. The summed E-state index contributed by atoms with van der Waals surface area (Å²) in [5, 5.41) is 2.09. The van der Waals surface area contributed by atoms with E-state index in [0.29, 0.717) is 0 Å². The molecule has 4 heteroatoms. The van der Waals surface area contributed by atoms with Crippen LogP contribution in [0.1, 0.15) is 10.6 Å². The lowest BCUT2D eigenvalue weighted by atomic mass is 10.1. The van der Waals surface area contributed by atoms with Crippen LogP contribution in [0.2, 0.25) is 0 Å². The van der Waals surface area contributed by atoms with Crippen LogP contribution in [0, 0.1) is 0 Å². The molecule has 2 rings (SSSR count). The number of halogens is 1. The Labute approximate surface area is 108 Å². The summed E-state index contributed by atoms with van der Waals surface area (Å²) in [6.07, 6.45) is 3.55. The fourth-order valence-electron chi connectivity index (χ4n) is 1.58. The van der Waals surface area contributed by atoms with Gasteiger partial charge in [-0.25, -0.2) is 0 Å². The highest BCUT2D eigenvalue weighted by molar-refractivity contribution is 9.10. The first kappa shape index (κ1) is 11.8. The van der Waals surface area contributed by atoms with Crippen LogP contribution in [0.4, 0.5) is 0 Å². The van der Waals surface area contributed by atoms with Crippen molar-refractivity contribution >= 4 is 27.3 Å². The van der Waals surface area contributed by atoms with Crippen LogP contribution in [0.5, 0.6) is 0 Å². The molecule has 1 unspecified atom stereocenters. The van der Waals surface area contributed by atoms with E-state index in [-0.39, 0.29) is 6.04 Å². The third-order valence-corrected chi connectivity index (χ3v) is 4.00. The smallest absolute Gasteiger partial charge is 0.0419 e. The third-order valence-electron chi connectivity index (χ3n) is 2.28. The first-order chi connectivity index (χ1) is 7.74. The Morgan fingerprint density at radius 2 is 2.25 bits per heavy atom. The van der Waals surface area contributed by atoms with E-state index >= 15 is 0 Å². The summed E-state index contributed by atoms with van der Waals surface area (Å²) < 4.78 is 1.14. The zero-order valence-corrected chi connectivity index (χ0v) is 11.2. The summed E-state index contributed by atoms with van der Waals surface area (Å²) in [5.41, 5.74) is 7.16. The van der Waals surface area contributed by atoms with Gasteiger partial charge in [0.25, 0.3) is 0 Å². The van der Waals surface area contributed by atoms with Crippen molar-refractivity contribution in [2.75, 3.05) is 0 Å². The standard InChI is InChI=1S/C12H13BrN2S/c13-9-5-12(16-8-9)7-10(14)6-11-3-1-2-4-15-11/h1-5,8,10H,6-7,14H2. The molecule has 2 heterocycles. The fourth-order valence-corrected chi connectivity index (χ4v) is 3.12. The number of thiophene rings is 1. The van der Waals surface area contributed by atoms with Gasteiger partial charge < -0.3 is 5.73 Å². The number of nitrogens with two attached hydrogens (primary N) is 1. The summed E-state index contributed by atoms with van der Waals surface area (Å²) in [7, 11) is 0. The predicted octanol–water partition coefficient (Wildman–Crippen LogP) is 3.02. The summed E-state index contributed by atoms with van der Waals surface area (Å²) in [4.78, 5) is 5.59. The lowest BCUT2D eigenvalue weighted by molar-refractivity contribution is 0.659. The van der Waals surface area contributed by atoms with E-state index in [9.17, 15) is 0 Å². The number of aromatic nitrogens is 1. The van der Waals surface area contributed by atoms with Gasteiger partial charge in [0.1, 0.15) is 0 Å². The molecular weight excluding hydrogens is 284 g/mol. The van der Waals surface area contributed by atoms with E-state index in [4.69, 9.17) is 5.73 Å². The van der Waals surface area contributed by atoms with Crippen molar-refractivity contribution in [1.29, 1.82) is 0 Å². The predicted molar refractivity (Wildman–Crippen MR) is 71.6 cm³/mol. The SMILES string of the molecule is NC(Cc1ccccn1)Cc1cc(Br)cs1. The Kier molecular flexibility index (Phi) is 4.09. The summed E-state index contributed by atoms with van der Waals surface area (Å²) in [6.45, 7) is 0. The van der Waals surface area contributed by atoms with Gasteiger partial charge in [0.2, 0.25) is 0 Å². The van der Waals surface area contributed by atoms with E-state index in [1.54, 1.807) is 11.3 Å². The van der Waals surface area contributed by atoms with Crippen LogP contribution in [-0.4, -0.2) is 11.0 Å². The minimum absolute atomic E-state index is 0.139. The second kappa shape index (κ2) is 5.57. The van der Waals surface area contributed by atoms with E-state index in [1.807, 2.05) is 24.4 Å². The molecule has 0 aromatic carbocycles. The molecule has 0 spiro atoms.